The van der Waals surface area contributed by atoms with Crippen molar-refractivity contribution in [2.24, 2.45) is 5.16 Å². The average molecular weight is 342 g/mol. The molecule has 2 aromatic carbocycles. The zero-order valence-electron chi connectivity index (χ0n) is 12.7. The number of nitrogens with one attached hydrogen (secondary N) is 1. The summed E-state index contributed by atoms with van der Waals surface area (Å²) in [5, 5.41) is 27.5. The van der Waals surface area contributed by atoms with Gasteiger partial charge >= 0.3 is 0 Å². The summed E-state index contributed by atoms with van der Waals surface area (Å²) in [5.74, 6) is -2.04. The molecule has 0 aromatic heterocycles. The summed E-state index contributed by atoms with van der Waals surface area (Å²) in [6, 6.07) is 11.5. The molecule has 2 aromatic rings. The molecule has 0 fully saturated rings. The minimum absolute atomic E-state index is 0.0822. The third-order valence-electron chi connectivity index (χ3n) is 2.97. The van der Waals surface area contributed by atoms with Crippen molar-refractivity contribution in [1.82, 2.24) is 0 Å². The van der Waals surface area contributed by atoms with Crippen molar-refractivity contribution < 1.29 is 24.5 Å². The smallest absolute Gasteiger partial charge is 0.270 e. The summed E-state index contributed by atoms with van der Waals surface area (Å²) in [6.45, 7) is -0.465. The van der Waals surface area contributed by atoms with Crippen molar-refractivity contribution in [2.75, 3.05) is 11.9 Å². The minimum atomic E-state index is -1.42. The highest BCUT2D eigenvalue weighted by Gasteiger charge is 2.08. The highest BCUT2D eigenvalue weighted by molar-refractivity contribution is 6.00. The Kier molecular flexibility index (Phi) is 5.77. The van der Waals surface area contributed by atoms with Crippen LogP contribution >= 0.6 is 0 Å². The molecule has 2 rings (SSSR count). The van der Waals surface area contributed by atoms with Gasteiger partial charge < -0.3 is 20.1 Å². The van der Waals surface area contributed by atoms with E-state index in [1.807, 2.05) is 0 Å². The topological polar surface area (TPSA) is 134 Å². The van der Waals surface area contributed by atoms with Gasteiger partial charge in [-0.25, -0.2) is 0 Å². The molecule has 25 heavy (non-hydrogen) atoms. The number of nitro benzene ring substituents is 1. The van der Waals surface area contributed by atoms with Crippen LogP contribution in [0.4, 0.5) is 11.4 Å². The Bertz CT molecular complexity index is 834. The molecule has 1 amide bonds. The number of amides is 1. The third kappa shape index (κ3) is 5.13. The molecule has 0 heterocycles. The van der Waals surface area contributed by atoms with Gasteiger partial charge in [-0.15, -0.1) is 0 Å². The maximum absolute atomic E-state index is 11.7. The van der Waals surface area contributed by atoms with Gasteiger partial charge in [0.05, 0.1) is 17.1 Å². The van der Waals surface area contributed by atoms with E-state index in [4.69, 9.17) is 4.84 Å². The second kappa shape index (κ2) is 8.20. The summed E-state index contributed by atoms with van der Waals surface area (Å²) in [7, 11) is 0. The second-order valence-corrected chi connectivity index (χ2v) is 4.74. The molecule has 0 saturated carbocycles. The number of carbonyl (C=O) groups is 2. The van der Waals surface area contributed by atoms with Crippen LogP contribution in [0, 0.1) is 10.1 Å². The van der Waals surface area contributed by atoms with Crippen LogP contribution < -0.4 is 10.4 Å². The fraction of sp³-hybridized carbons (Fsp3) is 0.0625. The van der Waals surface area contributed by atoms with E-state index in [1.165, 1.54) is 42.6 Å². The number of non-ortho nitro benzene ring substituents is 1. The van der Waals surface area contributed by atoms with Crippen LogP contribution in [0.25, 0.3) is 0 Å². The van der Waals surface area contributed by atoms with Crippen LogP contribution in [0.3, 0.4) is 0 Å². The normalized spacial score (nSPS) is 10.4. The van der Waals surface area contributed by atoms with E-state index < -0.39 is 23.4 Å². The fourth-order valence-corrected chi connectivity index (χ4v) is 1.87. The van der Waals surface area contributed by atoms with Crippen molar-refractivity contribution in [2.45, 2.75) is 0 Å². The Balaban J connectivity index is 1.90. The number of hydrogen-bond acceptors (Lipinski definition) is 7. The molecular formula is C16H12N3O6-. The number of aromatic carboxylic acids is 1. The zero-order valence-corrected chi connectivity index (χ0v) is 12.7. The van der Waals surface area contributed by atoms with Crippen molar-refractivity contribution in [3.05, 3.63) is 69.8 Å². The molecule has 0 radical (unpaired) electrons. The number of anilines is 1. The molecule has 0 saturated heterocycles. The number of carboxylic acid groups (broad SMARTS) is 1. The lowest BCUT2D eigenvalue weighted by molar-refractivity contribution is -0.384. The summed E-state index contributed by atoms with van der Waals surface area (Å²) in [4.78, 5) is 37.6. The van der Waals surface area contributed by atoms with Crippen LogP contribution in [-0.4, -0.2) is 29.6 Å². The van der Waals surface area contributed by atoms with Gasteiger partial charge in [0.1, 0.15) is 0 Å². The first-order valence-electron chi connectivity index (χ1n) is 6.97. The van der Waals surface area contributed by atoms with Gasteiger partial charge in [0, 0.05) is 28.9 Å². The van der Waals surface area contributed by atoms with Crippen LogP contribution in [0.2, 0.25) is 0 Å². The molecular weight excluding hydrogens is 330 g/mol. The largest absolute Gasteiger partial charge is 0.545 e. The molecule has 0 bridgehead atoms. The highest BCUT2D eigenvalue weighted by atomic mass is 16.6. The number of nitro groups is 1. The number of para-hydroxylation sites is 1. The number of carbonyl (C=O) groups excluding carboxylic acids is 2. The molecule has 0 spiro atoms. The number of nitrogens with zero attached hydrogens (tertiary/aromatic N) is 2. The van der Waals surface area contributed by atoms with E-state index in [2.05, 4.69) is 10.5 Å². The van der Waals surface area contributed by atoms with Gasteiger partial charge in [-0.1, -0.05) is 35.5 Å². The Labute approximate surface area is 141 Å². The van der Waals surface area contributed by atoms with Gasteiger partial charge in [-0.05, 0) is 6.07 Å². The van der Waals surface area contributed by atoms with E-state index in [9.17, 15) is 24.8 Å². The van der Waals surface area contributed by atoms with Crippen molar-refractivity contribution in [1.29, 1.82) is 0 Å². The lowest BCUT2D eigenvalue weighted by Gasteiger charge is -2.10. The van der Waals surface area contributed by atoms with E-state index >= 15 is 0 Å². The van der Waals surface area contributed by atoms with Crippen molar-refractivity contribution in [3.8, 4) is 0 Å². The van der Waals surface area contributed by atoms with Crippen LogP contribution in [-0.2, 0) is 9.63 Å². The molecule has 128 valence electrons. The highest BCUT2D eigenvalue weighted by Crippen LogP contribution is 2.14. The maximum atomic E-state index is 11.7. The molecule has 0 aliphatic carbocycles. The quantitative estimate of drug-likeness (QED) is 0.452. The van der Waals surface area contributed by atoms with Crippen LogP contribution in [0.15, 0.2) is 53.7 Å². The van der Waals surface area contributed by atoms with Crippen molar-refractivity contribution in [3.63, 3.8) is 0 Å². The lowest BCUT2D eigenvalue weighted by atomic mass is 10.2. The van der Waals surface area contributed by atoms with E-state index in [0.717, 1.165) is 0 Å². The van der Waals surface area contributed by atoms with Gasteiger partial charge in [-0.2, -0.15) is 0 Å². The fourth-order valence-electron chi connectivity index (χ4n) is 1.87. The van der Waals surface area contributed by atoms with Crippen LogP contribution in [0.1, 0.15) is 15.9 Å². The molecule has 9 nitrogen and oxygen atoms in total. The van der Waals surface area contributed by atoms with E-state index in [1.54, 1.807) is 12.1 Å². The SMILES string of the molecule is O=C(CO/N=C\c1cccc([N+](=O)[O-])c1)Nc1ccccc1C(=O)[O-]. The van der Waals surface area contributed by atoms with Gasteiger partial charge in [-0.3, -0.25) is 14.9 Å². The minimum Gasteiger partial charge on any atom is -0.545 e. The van der Waals surface area contributed by atoms with Gasteiger partial charge in [0.25, 0.3) is 11.6 Å². The first-order chi connectivity index (χ1) is 12.0. The first kappa shape index (κ1) is 17.6. The number of carboxylic acids is 1. The predicted octanol–water partition coefficient (Wildman–Crippen LogP) is 0.948. The summed E-state index contributed by atoms with van der Waals surface area (Å²) in [5.41, 5.74) is 0.257. The number of benzene rings is 2. The average Bonchev–Trinajstić information content (AvgIpc) is 2.59. The summed E-state index contributed by atoms with van der Waals surface area (Å²) >= 11 is 0. The molecule has 9 heteroatoms. The maximum Gasteiger partial charge on any atom is 0.270 e. The number of oxime groups is 1. The first-order valence-corrected chi connectivity index (χ1v) is 6.97. The van der Waals surface area contributed by atoms with E-state index in [0.29, 0.717) is 5.56 Å². The molecule has 0 unspecified atom stereocenters. The third-order valence-corrected chi connectivity index (χ3v) is 2.97. The Morgan fingerprint density at radius 3 is 2.68 bits per heavy atom. The number of hydrogen-bond donors (Lipinski definition) is 1. The molecule has 0 atom stereocenters. The molecule has 0 aliphatic rings. The molecule has 1 N–H and O–H groups in total. The van der Waals surface area contributed by atoms with Gasteiger partial charge in [0.15, 0.2) is 6.61 Å². The second-order valence-electron chi connectivity index (χ2n) is 4.74. The Morgan fingerprint density at radius 1 is 1.20 bits per heavy atom. The van der Waals surface area contributed by atoms with E-state index in [-0.39, 0.29) is 16.9 Å². The predicted molar refractivity (Wildman–Crippen MR) is 86.0 cm³/mol. The molecule has 0 aliphatic heterocycles. The van der Waals surface area contributed by atoms with Crippen LogP contribution in [0.5, 0.6) is 0 Å². The van der Waals surface area contributed by atoms with Crippen molar-refractivity contribution >= 4 is 29.5 Å². The zero-order chi connectivity index (χ0) is 18.2. The monoisotopic (exact) mass is 342 g/mol. The summed E-state index contributed by atoms with van der Waals surface area (Å²) < 4.78 is 0. The van der Waals surface area contributed by atoms with Gasteiger partial charge in [0.2, 0.25) is 0 Å². The Morgan fingerprint density at radius 2 is 1.96 bits per heavy atom. The number of rotatable bonds is 7. The standard InChI is InChI=1S/C16H13N3O6/c20-15(18-14-7-2-1-6-13(14)16(21)22)10-25-17-9-11-4-3-5-12(8-11)19(23)24/h1-9H,10H2,(H,18,20)(H,21,22)/p-1/b17-9-. The Hall–Kier alpha value is -3.75. The summed E-state index contributed by atoms with van der Waals surface area (Å²) in [6.07, 6.45) is 1.22. The lowest BCUT2D eigenvalue weighted by Crippen LogP contribution is -2.25.